The van der Waals surface area contributed by atoms with E-state index in [0.717, 1.165) is 6.07 Å². The lowest BCUT2D eigenvalue weighted by molar-refractivity contribution is 0.0587. The van der Waals surface area contributed by atoms with Crippen LogP contribution in [0.2, 0.25) is 0 Å². The molecule has 0 radical (unpaired) electrons. The first-order valence-electron chi connectivity index (χ1n) is 4.73. The van der Waals surface area contributed by atoms with Gasteiger partial charge in [0.05, 0.1) is 10.0 Å². The van der Waals surface area contributed by atoms with Crippen molar-refractivity contribution in [2.75, 3.05) is 7.11 Å². The third-order valence-electron chi connectivity index (χ3n) is 2.24. The highest BCUT2D eigenvalue weighted by molar-refractivity contribution is 9.10. The summed E-state index contributed by atoms with van der Waals surface area (Å²) in [6, 6.07) is 2.26. The average molecular weight is 293 g/mol. The maximum atomic E-state index is 13.6. The summed E-state index contributed by atoms with van der Waals surface area (Å²) >= 11 is 2.91. The fourth-order valence-corrected chi connectivity index (χ4v) is 1.70. The molecule has 0 heterocycles. The van der Waals surface area contributed by atoms with Gasteiger partial charge in [0.25, 0.3) is 0 Å². The third-order valence-corrected chi connectivity index (χ3v) is 2.85. The smallest absolute Gasteiger partial charge is 0.197 e. The number of rotatable bonds is 4. The van der Waals surface area contributed by atoms with Crippen LogP contribution in [0.15, 0.2) is 16.6 Å². The van der Waals surface area contributed by atoms with Crippen molar-refractivity contribution in [1.29, 1.82) is 0 Å². The summed E-state index contributed by atoms with van der Waals surface area (Å²) in [5.74, 6) is -2.44. The summed E-state index contributed by atoms with van der Waals surface area (Å²) in [5, 5.41) is 0. The number of carbonyl (C=O) groups is 1. The predicted molar refractivity (Wildman–Crippen MR) is 59.5 cm³/mol. The molecular formula is C11H11BrF2O2. The highest BCUT2D eigenvalue weighted by atomic mass is 79.9. The van der Waals surface area contributed by atoms with Crippen LogP contribution in [0.3, 0.4) is 0 Å². The number of Topliss-reactive ketones (excluding diaryl/α,β-unsaturated/α-hetero) is 1. The van der Waals surface area contributed by atoms with Gasteiger partial charge in [0, 0.05) is 7.11 Å². The Morgan fingerprint density at radius 1 is 1.50 bits per heavy atom. The normalized spacial score (nSPS) is 12.6. The Balaban J connectivity index is 3.22. The monoisotopic (exact) mass is 292 g/mol. The van der Waals surface area contributed by atoms with Gasteiger partial charge >= 0.3 is 0 Å². The van der Waals surface area contributed by atoms with Crippen molar-refractivity contribution in [3.05, 3.63) is 33.8 Å². The summed E-state index contributed by atoms with van der Waals surface area (Å²) in [7, 11) is 1.33. The number of hydrogen-bond acceptors (Lipinski definition) is 2. The van der Waals surface area contributed by atoms with Crippen LogP contribution in [0, 0.1) is 11.6 Å². The van der Waals surface area contributed by atoms with Crippen LogP contribution in [-0.2, 0) is 4.74 Å². The molecule has 0 spiro atoms. The van der Waals surface area contributed by atoms with E-state index in [0.29, 0.717) is 6.42 Å². The molecule has 0 aromatic heterocycles. The van der Waals surface area contributed by atoms with Crippen LogP contribution in [0.25, 0.3) is 0 Å². The van der Waals surface area contributed by atoms with Crippen molar-refractivity contribution in [2.45, 2.75) is 19.4 Å². The molecule has 0 aliphatic rings. The summed E-state index contributed by atoms with van der Waals surface area (Å²) in [4.78, 5) is 11.8. The van der Waals surface area contributed by atoms with Crippen molar-refractivity contribution >= 4 is 21.7 Å². The summed E-state index contributed by atoms with van der Waals surface area (Å²) in [5.41, 5.74) is -0.553. The molecule has 0 saturated heterocycles. The zero-order valence-corrected chi connectivity index (χ0v) is 10.5. The Morgan fingerprint density at radius 2 is 2.12 bits per heavy atom. The number of ketones is 1. The minimum atomic E-state index is -0.888. The molecule has 16 heavy (non-hydrogen) atoms. The van der Waals surface area contributed by atoms with Crippen molar-refractivity contribution in [1.82, 2.24) is 0 Å². The highest BCUT2D eigenvalue weighted by Gasteiger charge is 2.25. The molecule has 1 atom stereocenters. The lowest BCUT2D eigenvalue weighted by Gasteiger charge is -2.13. The molecule has 0 bridgehead atoms. The lowest BCUT2D eigenvalue weighted by Crippen LogP contribution is -2.24. The van der Waals surface area contributed by atoms with Crippen LogP contribution >= 0.6 is 15.9 Å². The number of benzene rings is 1. The van der Waals surface area contributed by atoms with Crippen molar-refractivity contribution in [3.63, 3.8) is 0 Å². The third kappa shape index (κ3) is 2.47. The van der Waals surface area contributed by atoms with E-state index in [1.807, 2.05) is 0 Å². The Bertz CT molecular complexity index is 403. The topological polar surface area (TPSA) is 26.3 Å². The van der Waals surface area contributed by atoms with Crippen LogP contribution in [-0.4, -0.2) is 19.0 Å². The maximum Gasteiger partial charge on any atom is 0.197 e. The van der Waals surface area contributed by atoms with E-state index in [1.54, 1.807) is 6.92 Å². The molecule has 0 saturated carbocycles. The van der Waals surface area contributed by atoms with Crippen LogP contribution in [0.4, 0.5) is 8.78 Å². The Labute approximate surface area is 101 Å². The minimum Gasteiger partial charge on any atom is -0.373 e. The van der Waals surface area contributed by atoms with Gasteiger partial charge in [0.15, 0.2) is 11.6 Å². The fraction of sp³-hybridized carbons (Fsp3) is 0.364. The quantitative estimate of drug-likeness (QED) is 0.628. The van der Waals surface area contributed by atoms with E-state index in [-0.39, 0.29) is 4.47 Å². The second-order valence-corrected chi connectivity index (χ2v) is 4.07. The van der Waals surface area contributed by atoms with E-state index in [9.17, 15) is 13.6 Å². The molecule has 1 rings (SSSR count). The molecule has 0 aliphatic heterocycles. The molecule has 2 nitrogen and oxygen atoms in total. The van der Waals surface area contributed by atoms with Gasteiger partial charge in [-0.05, 0) is 34.5 Å². The van der Waals surface area contributed by atoms with Gasteiger partial charge in [-0.1, -0.05) is 6.92 Å². The van der Waals surface area contributed by atoms with Gasteiger partial charge in [-0.25, -0.2) is 8.78 Å². The summed E-state index contributed by atoms with van der Waals surface area (Å²) in [6.45, 7) is 1.71. The molecule has 1 aromatic carbocycles. The van der Waals surface area contributed by atoms with E-state index in [1.165, 1.54) is 13.2 Å². The van der Waals surface area contributed by atoms with E-state index in [4.69, 9.17) is 4.74 Å². The van der Waals surface area contributed by atoms with Gasteiger partial charge in [0.1, 0.15) is 11.9 Å². The van der Waals surface area contributed by atoms with Gasteiger partial charge in [-0.3, -0.25) is 4.79 Å². The van der Waals surface area contributed by atoms with Gasteiger partial charge in [-0.15, -0.1) is 0 Å². The zero-order chi connectivity index (χ0) is 12.3. The lowest BCUT2D eigenvalue weighted by atomic mass is 10.0. The molecule has 1 aromatic rings. The predicted octanol–water partition coefficient (Wildman–Crippen LogP) is 3.34. The number of methoxy groups -OCH3 is 1. The highest BCUT2D eigenvalue weighted by Crippen LogP contribution is 2.23. The second-order valence-electron chi connectivity index (χ2n) is 3.22. The van der Waals surface area contributed by atoms with Crippen molar-refractivity contribution in [2.24, 2.45) is 0 Å². The van der Waals surface area contributed by atoms with Gasteiger partial charge in [0.2, 0.25) is 0 Å². The number of ether oxygens (including phenoxy) is 1. The van der Waals surface area contributed by atoms with Crippen molar-refractivity contribution in [3.8, 4) is 0 Å². The van der Waals surface area contributed by atoms with E-state index >= 15 is 0 Å². The molecule has 1 unspecified atom stereocenters. The first-order chi connectivity index (χ1) is 7.52. The minimum absolute atomic E-state index is 0.0585. The van der Waals surface area contributed by atoms with E-state index < -0.39 is 29.1 Å². The SMILES string of the molecule is CCC(OC)C(=O)c1c(F)ccc(Br)c1F. The summed E-state index contributed by atoms with van der Waals surface area (Å²) in [6.07, 6.45) is -0.459. The molecule has 0 amide bonds. The molecule has 0 N–H and O–H groups in total. The Morgan fingerprint density at radius 3 is 2.62 bits per heavy atom. The van der Waals surface area contributed by atoms with Crippen molar-refractivity contribution < 1.29 is 18.3 Å². The Kier molecular flexibility index (Phi) is 4.56. The largest absolute Gasteiger partial charge is 0.373 e. The summed E-state index contributed by atoms with van der Waals surface area (Å²) < 4.78 is 31.9. The molecule has 5 heteroatoms. The first-order valence-corrected chi connectivity index (χ1v) is 5.52. The standard InChI is InChI=1S/C11H11BrF2O2/c1-3-8(16-2)11(15)9-7(13)5-4-6(12)10(9)14/h4-5,8H,3H2,1-2H3. The average Bonchev–Trinajstić information content (AvgIpc) is 2.26. The molecule has 0 aliphatic carbocycles. The Hall–Kier alpha value is -0.810. The molecular weight excluding hydrogens is 282 g/mol. The fourth-order valence-electron chi connectivity index (χ4n) is 1.37. The number of hydrogen-bond donors (Lipinski definition) is 0. The maximum absolute atomic E-state index is 13.6. The molecule has 88 valence electrons. The zero-order valence-electron chi connectivity index (χ0n) is 8.89. The van der Waals surface area contributed by atoms with Gasteiger partial charge < -0.3 is 4.74 Å². The number of halogens is 3. The number of carbonyl (C=O) groups excluding carboxylic acids is 1. The second kappa shape index (κ2) is 5.50. The first kappa shape index (κ1) is 13.3. The van der Waals surface area contributed by atoms with E-state index in [2.05, 4.69) is 15.9 Å². The van der Waals surface area contributed by atoms with Crippen LogP contribution in [0.5, 0.6) is 0 Å². The van der Waals surface area contributed by atoms with Crippen LogP contribution < -0.4 is 0 Å². The molecule has 0 fully saturated rings. The van der Waals surface area contributed by atoms with Gasteiger partial charge in [-0.2, -0.15) is 0 Å². The van der Waals surface area contributed by atoms with Crippen LogP contribution in [0.1, 0.15) is 23.7 Å².